The van der Waals surface area contributed by atoms with E-state index in [9.17, 15) is 13.5 Å². The molecule has 1 aromatic carbocycles. The van der Waals surface area contributed by atoms with Crippen molar-refractivity contribution in [2.75, 3.05) is 13.2 Å². The molecule has 1 fully saturated rings. The van der Waals surface area contributed by atoms with Crippen molar-refractivity contribution in [1.29, 1.82) is 0 Å². The molecule has 0 bridgehead atoms. The highest BCUT2D eigenvalue weighted by Gasteiger charge is 2.33. The summed E-state index contributed by atoms with van der Waals surface area (Å²) in [7, 11) is -3.64. The van der Waals surface area contributed by atoms with Gasteiger partial charge in [0.05, 0.1) is 23.6 Å². The summed E-state index contributed by atoms with van der Waals surface area (Å²) < 4.78 is 33.5. The van der Waals surface area contributed by atoms with E-state index in [-0.39, 0.29) is 11.5 Å². The lowest BCUT2D eigenvalue weighted by molar-refractivity contribution is 0.0386. The molecule has 118 valence electrons. The van der Waals surface area contributed by atoms with Crippen LogP contribution in [0.25, 0.3) is 0 Å². The molecule has 1 aliphatic heterocycles. The standard InChI is InChI=1S/C15H23NO4S/c1-11-7-12(2)14(8-13(11)9-17)21(18,19)16-15(3)5-4-6-20-10-15/h7-8,16-17H,4-6,9-10H2,1-3H3. The Morgan fingerprint density at radius 1 is 1.33 bits per heavy atom. The maximum absolute atomic E-state index is 12.7. The summed E-state index contributed by atoms with van der Waals surface area (Å²) in [6, 6.07) is 3.35. The number of aliphatic hydroxyl groups excluding tert-OH is 1. The van der Waals surface area contributed by atoms with Crippen molar-refractivity contribution in [3.05, 3.63) is 28.8 Å². The van der Waals surface area contributed by atoms with E-state index in [2.05, 4.69) is 4.72 Å². The molecule has 1 saturated heterocycles. The first-order valence-corrected chi connectivity index (χ1v) is 8.58. The van der Waals surface area contributed by atoms with Crippen LogP contribution in [0.5, 0.6) is 0 Å². The summed E-state index contributed by atoms with van der Waals surface area (Å²) in [6.45, 7) is 6.37. The molecule has 21 heavy (non-hydrogen) atoms. The second-order valence-corrected chi connectivity index (χ2v) is 7.68. The van der Waals surface area contributed by atoms with Gasteiger partial charge in [-0.05, 0) is 56.4 Å². The highest BCUT2D eigenvalue weighted by Crippen LogP contribution is 2.25. The van der Waals surface area contributed by atoms with Gasteiger partial charge in [0.1, 0.15) is 0 Å². The Kier molecular flexibility index (Phi) is 4.72. The Morgan fingerprint density at radius 3 is 2.62 bits per heavy atom. The molecular weight excluding hydrogens is 290 g/mol. The second-order valence-electron chi connectivity index (χ2n) is 6.02. The number of aryl methyl sites for hydroxylation is 2. The van der Waals surface area contributed by atoms with Crippen LogP contribution in [-0.2, 0) is 21.4 Å². The van der Waals surface area contributed by atoms with Gasteiger partial charge >= 0.3 is 0 Å². The van der Waals surface area contributed by atoms with Crippen molar-refractivity contribution >= 4 is 10.0 Å². The van der Waals surface area contributed by atoms with Crippen LogP contribution < -0.4 is 4.72 Å². The molecule has 0 radical (unpaired) electrons. The molecule has 1 atom stereocenters. The molecule has 1 heterocycles. The fourth-order valence-electron chi connectivity index (χ4n) is 2.73. The van der Waals surface area contributed by atoms with Gasteiger partial charge in [-0.3, -0.25) is 0 Å². The van der Waals surface area contributed by atoms with Crippen LogP contribution in [0.4, 0.5) is 0 Å². The summed E-state index contributed by atoms with van der Waals surface area (Å²) in [5.41, 5.74) is 1.62. The third-order valence-corrected chi connectivity index (χ3v) is 5.69. The van der Waals surface area contributed by atoms with Gasteiger partial charge in [-0.1, -0.05) is 6.07 Å². The number of benzene rings is 1. The van der Waals surface area contributed by atoms with E-state index in [1.807, 2.05) is 13.8 Å². The molecule has 1 unspecified atom stereocenters. The summed E-state index contributed by atoms with van der Waals surface area (Å²) in [4.78, 5) is 0.226. The van der Waals surface area contributed by atoms with Gasteiger partial charge in [0, 0.05) is 6.61 Å². The zero-order chi connectivity index (χ0) is 15.7. The normalized spacial score (nSPS) is 23.2. The first-order valence-electron chi connectivity index (χ1n) is 7.10. The van der Waals surface area contributed by atoms with E-state index in [4.69, 9.17) is 4.74 Å². The Bertz CT molecular complexity index is 619. The Hall–Kier alpha value is -0.950. The summed E-state index contributed by atoms with van der Waals surface area (Å²) in [5, 5.41) is 9.34. The molecule has 6 heteroatoms. The van der Waals surface area contributed by atoms with E-state index in [0.29, 0.717) is 24.3 Å². The first-order chi connectivity index (χ1) is 9.77. The van der Waals surface area contributed by atoms with E-state index >= 15 is 0 Å². The molecular formula is C15H23NO4S. The number of nitrogens with one attached hydrogen (secondary N) is 1. The fourth-order valence-corrected chi connectivity index (χ4v) is 4.43. The largest absolute Gasteiger partial charge is 0.392 e. The van der Waals surface area contributed by atoms with Crippen molar-refractivity contribution in [2.45, 2.75) is 50.7 Å². The number of hydrogen-bond acceptors (Lipinski definition) is 4. The second kappa shape index (κ2) is 6.04. The molecule has 0 spiro atoms. The van der Waals surface area contributed by atoms with E-state index in [0.717, 1.165) is 18.4 Å². The monoisotopic (exact) mass is 313 g/mol. The van der Waals surface area contributed by atoms with Crippen molar-refractivity contribution < 1.29 is 18.3 Å². The average molecular weight is 313 g/mol. The van der Waals surface area contributed by atoms with Crippen LogP contribution in [-0.4, -0.2) is 32.3 Å². The predicted octanol–water partition coefficient (Wildman–Crippen LogP) is 1.64. The minimum absolute atomic E-state index is 0.172. The molecule has 0 aromatic heterocycles. The van der Waals surface area contributed by atoms with Gasteiger partial charge < -0.3 is 9.84 Å². The number of hydrogen-bond donors (Lipinski definition) is 2. The predicted molar refractivity (Wildman–Crippen MR) is 80.6 cm³/mol. The van der Waals surface area contributed by atoms with E-state index in [1.165, 1.54) is 0 Å². The van der Waals surface area contributed by atoms with Crippen LogP contribution in [0.2, 0.25) is 0 Å². The topological polar surface area (TPSA) is 75.6 Å². The molecule has 5 nitrogen and oxygen atoms in total. The molecule has 2 rings (SSSR count). The van der Waals surface area contributed by atoms with Crippen molar-refractivity contribution in [1.82, 2.24) is 4.72 Å². The van der Waals surface area contributed by atoms with Crippen LogP contribution in [0.15, 0.2) is 17.0 Å². The van der Waals surface area contributed by atoms with Crippen LogP contribution in [0, 0.1) is 13.8 Å². The van der Waals surface area contributed by atoms with Crippen molar-refractivity contribution in [3.8, 4) is 0 Å². The van der Waals surface area contributed by atoms with Crippen LogP contribution >= 0.6 is 0 Å². The Morgan fingerprint density at radius 2 is 2.05 bits per heavy atom. The highest BCUT2D eigenvalue weighted by atomic mass is 32.2. The van der Waals surface area contributed by atoms with Crippen LogP contribution in [0.3, 0.4) is 0 Å². The van der Waals surface area contributed by atoms with Crippen LogP contribution in [0.1, 0.15) is 36.5 Å². The van der Waals surface area contributed by atoms with Gasteiger partial charge in [0.15, 0.2) is 0 Å². The smallest absolute Gasteiger partial charge is 0.241 e. The maximum Gasteiger partial charge on any atom is 0.241 e. The fraction of sp³-hybridized carbons (Fsp3) is 0.600. The summed E-state index contributed by atoms with van der Waals surface area (Å²) in [5.74, 6) is 0. The number of aliphatic hydroxyl groups is 1. The van der Waals surface area contributed by atoms with Gasteiger partial charge in [-0.2, -0.15) is 0 Å². The SMILES string of the molecule is Cc1cc(C)c(S(=O)(=O)NC2(C)CCCOC2)cc1CO. The van der Waals surface area contributed by atoms with Crippen molar-refractivity contribution in [2.24, 2.45) is 0 Å². The molecule has 0 aliphatic carbocycles. The Labute approximate surface area is 126 Å². The Balaban J connectivity index is 2.35. The third kappa shape index (κ3) is 3.63. The highest BCUT2D eigenvalue weighted by molar-refractivity contribution is 7.89. The lowest BCUT2D eigenvalue weighted by Gasteiger charge is -2.34. The number of rotatable bonds is 4. The lowest BCUT2D eigenvalue weighted by atomic mass is 9.97. The number of ether oxygens (including phenoxy) is 1. The number of sulfonamides is 1. The molecule has 1 aromatic rings. The minimum atomic E-state index is -3.64. The molecule has 1 aliphatic rings. The summed E-state index contributed by atoms with van der Waals surface area (Å²) >= 11 is 0. The molecule has 0 saturated carbocycles. The van der Waals surface area contributed by atoms with Gasteiger partial charge in [-0.15, -0.1) is 0 Å². The maximum atomic E-state index is 12.7. The first kappa shape index (κ1) is 16.4. The zero-order valence-corrected chi connectivity index (χ0v) is 13.6. The molecule has 2 N–H and O–H groups in total. The lowest BCUT2D eigenvalue weighted by Crippen LogP contribution is -2.51. The average Bonchev–Trinajstić information content (AvgIpc) is 2.38. The quantitative estimate of drug-likeness (QED) is 0.886. The van der Waals surface area contributed by atoms with Crippen molar-refractivity contribution in [3.63, 3.8) is 0 Å². The third-order valence-electron chi connectivity index (χ3n) is 3.91. The van der Waals surface area contributed by atoms with E-state index in [1.54, 1.807) is 19.1 Å². The van der Waals surface area contributed by atoms with Gasteiger partial charge in [-0.25, -0.2) is 13.1 Å². The van der Waals surface area contributed by atoms with Gasteiger partial charge in [0.25, 0.3) is 0 Å². The molecule has 0 amide bonds. The summed E-state index contributed by atoms with van der Waals surface area (Å²) in [6.07, 6.45) is 1.60. The van der Waals surface area contributed by atoms with E-state index < -0.39 is 15.6 Å². The zero-order valence-electron chi connectivity index (χ0n) is 12.8. The minimum Gasteiger partial charge on any atom is -0.392 e. The van der Waals surface area contributed by atoms with Gasteiger partial charge in [0.2, 0.25) is 10.0 Å².